The highest BCUT2D eigenvalue weighted by Crippen LogP contribution is 2.56. The lowest BCUT2D eigenvalue weighted by molar-refractivity contribution is -0.123. The molecule has 0 radical (unpaired) electrons. The number of carbonyl (C=O) groups is 4. The van der Waals surface area contributed by atoms with Crippen LogP contribution in [0, 0.1) is 17.8 Å². The van der Waals surface area contributed by atoms with Crippen LogP contribution in [0.2, 0.25) is 0 Å². The van der Waals surface area contributed by atoms with Crippen LogP contribution in [0.4, 0.5) is 22.7 Å². The zero-order valence-electron chi connectivity index (χ0n) is 26.4. The number of benzene rings is 3. The number of methoxy groups -OCH3 is 1. The van der Waals surface area contributed by atoms with Crippen LogP contribution in [0.1, 0.15) is 24.3 Å². The maximum atomic E-state index is 14.2. The van der Waals surface area contributed by atoms with Crippen molar-refractivity contribution >= 4 is 62.1 Å². The van der Waals surface area contributed by atoms with Crippen molar-refractivity contribution in [1.29, 1.82) is 0 Å². The summed E-state index contributed by atoms with van der Waals surface area (Å²) in [7, 11) is 5.36. The first kappa shape index (κ1) is 31.4. The minimum Gasteiger partial charge on any atom is -0.504 e. The molecule has 1 saturated heterocycles. The first-order valence-corrected chi connectivity index (χ1v) is 16.3. The smallest absolute Gasteiger partial charge is 0.238 e. The van der Waals surface area contributed by atoms with Gasteiger partial charge in [-0.25, -0.2) is 0 Å². The number of halogens is 1. The summed E-state index contributed by atoms with van der Waals surface area (Å²) in [5.74, 6) is -3.56. The Bertz CT molecular complexity index is 2010. The number of carbonyl (C=O) groups excluding carboxylic acids is 4. The molecule has 4 aliphatic rings. The van der Waals surface area contributed by atoms with Crippen molar-refractivity contribution < 1.29 is 29.0 Å². The summed E-state index contributed by atoms with van der Waals surface area (Å²) in [6, 6.07) is 19.3. The number of Topliss-reactive ketones (excluding diaryl/α,β-unsaturated/α-hetero) is 1. The van der Waals surface area contributed by atoms with Crippen LogP contribution in [0.3, 0.4) is 0 Å². The highest BCUT2D eigenvalue weighted by molar-refractivity contribution is 9.12. The summed E-state index contributed by atoms with van der Waals surface area (Å²) < 4.78 is 5.52. The number of hydrogen-bond donors (Lipinski definition) is 1. The van der Waals surface area contributed by atoms with Gasteiger partial charge in [-0.05, 0) is 101 Å². The number of amides is 2. The van der Waals surface area contributed by atoms with Gasteiger partial charge in [0.15, 0.2) is 23.1 Å². The fourth-order valence-electron chi connectivity index (χ4n) is 7.32. The quantitative estimate of drug-likeness (QED) is 0.129. The molecule has 3 aromatic rings. The molecule has 7 rings (SSSR count). The van der Waals surface area contributed by atoms with Crippen molar-refractivity contribution in [2.45, 2.75) is 18.8 Å². The van der Waals surface area contributed by atoms with Crippen molar-refractivity contribution in [3.05, 3.63) is 106 Å². The molecule has 0 bridgehead atoms. The minimum absolute atomic E-state index is 0.0625. The van der Waals surface area contributed by atoms with Crippen LogP contribution in [0.15, 0.2) is 110 Å². The molecule has 3 aromatic carbocycles. The predicted octanol–water partition coefficient (Wildman–Crippen LogP) is 6.85. The zero-order valence-corrected chi connectivity index (χ0v) is 28.0. The van der Waals surface area contributed by atoms with Gasteiger partial charge in [0.05, 0.1) is 40.5 Å². The molecule has 242 valence electrons. The Hall–Kier alpha value is -5.16. The van der Waals surface area contributed by atoms with E-state index in [2.05, 4.69) is 26.2 Å². The summed E-state index contributed by atoms with van der Waals surface area (Å²) in [5.41, 5.74) is 4.87. The third-order valence-electron chi connectivity index (χ3n) is 9.62. The van der Waals surface area contributed by atoms with E-state index in [-0.39, 0.29) is 45.8 Å². The molecule has 3 aliphatic carbocycles. The van der Waals surface area contributed by atoms with Crippen molar-refractivity contribution in [3.63, 3.8) is 0 Å². The molecule has 11 heteroatoms. The number of imide groups is 1. The number of ketones is 2. The molecule has 1 fully saturated rings. The van der Waals surface area contributed by atoms with Gasteiger partial charge >= 0.3 is 0 Å². The van der Waals surface area contributed by atoms with E-state index in [0.717, 1.165) is 11.3 Å². The number of aromatic hydroxyl groups is 1. The average molecular weight is 708 g/mol. The van der Waals surface area contributed by atoms with E-state index in [9.17, 15) is 24.3 Å². The van der Waals surface area contributed by atoms with Crippen LogP contribution in [0.5, 0.6) is 11.5 Å². The van der Waals surface area contributed by atoms with Gasteiger partial charge in [-0.1, -0.05) is 17.7 Å². The summed E-state index contributed by atoms with van der Waals surface area (Å²) >= 11 is 3.25. The molecule has 10 nitrogen and oxygen atoms in total. The third-order valence-corrected chi connectivity index (χ3v) is 10.2. The molecule has 0 unspecified atom stereocenters. The van der Waals surface area contributed by atoms with Gasteiger partial charge in [0.25, 0.3) is 0 Å². The number of azo groups is 1. The Morgan fingerprint density at radius 3 is 2.21 bits per heavy atom. The highest BCUT2D eigenvalue weighted by Gasteiger charge is 2.56. The van der Waals surface area contributed by atoms with Crippen molar-refractivity contribution in [2.24, 2.45) is 28.0 Å². The topological polar surface area (TPSA) is 129 Å². The summed E-state index contributed by atoms with van der Waals surface area (Å²) in [6.45, 7) is 0. The summed E-state index contributed by atoms with van der Waals surface area (Å²) in [5, 5.41) is 18.9. The number of fused-ring (bicyclic) bond motifs is 3. The van der Waals surface area contributed by atoms with Gasteiger partial charge in [0.2, 0.25) is 11.8 Å². The van der Waals surface area contributed by atoms with E-state index in [0.29, 0.717) is 40.2 Å². The Labute approximate surface area is 285 Å². The van der Waals surface area contributed by atoms with Crippen molar-refractivity contribution in [2.75, 3.05) is 31.0 Å². The largest absolute Gasteiger partial charge is 0.504 e. The van der Waals surface area contributed by atoms with E-state index in [1.54, 1.807) is 36.4 Å². The lowest BCUT2D eigenvalue weighted by atomic mass is 9.59. The monoisotopic (exact) mass is 706 g/mol. The second kappa shape index (κ2) is 12.1. The van der Waals surface area contributed by atoms with Gasteiger partial charge in [-0.3, -0.25) is 24.1 Å². The normalized spacial score (nSPS) is 23.5. The predicted molar refractivity (Wildman–Crippen MR) is 183 cm³/mol. The molecule has 0 aromatic heterocycles. The number of allylic oxidation sites excluding steroid dienone is 6. The zero-order chi connectivity index (χ0) is 33.9. The Balaban J connectivity index is 1.20. The average Bonchev–Trinajstić information content (AvgIpc) is 3.35. The van der Waals surface area contributed by atoms with Crippen LogP contribution in [-0.2, 0) is 19.2 Å². The Kier molecular flexibility index (Phi) is 7.95. The first-order valence-electron chi connectivity index (χ1n) is 15.5. The van der Waals surface area contributed by atoms with Gasteiger partial charge in [-0.15, -0.1) is 0 Å². The van der Waals surface area contributed by atoms with Gasteiger partial charge in [-0.2, -0.15) is 10.2 Å². The standard InChI is InChI=1S/C37H31BrN4O6/c1-41(2)22-9-5-20(6-10-22)39-40-21-7-11-23(12-8-21)42-36(46)25-14-13-24-26(33(25)37(42)47)17-27-34(30(44)18-28(38)35(27)45)32(24)19-4-15-29(43)31(16-19)48-3/h4-13,15-16,18,25-26,32-33,43H,14,17H2,1-3H3/t25-,26+,32-,33-/m0/s1. The maximum absolute atomic E-state index is 14.2. The number of phenols is 1. The van der Waals surface area contributed by atoms with Gasteiger partial charge in [0.1, 0.15) is 0 Å². The van der Waals surface area contributed by atoms with Crippen molar-refractivity contribution in [1.82, 2.24) is 0 Å². The van der Waals surface area contributed by atoms with Crippen LogP contribution in [-0.4, -0.2) is 49.7 Å². The number of nitrogens with zero attached hydrogens (tertiary/aromatic N) is 4. The Morgan fingerprint density at radius 2 is 1.56 bits per heavy atom. The molecule has 1 aliphatic heterocycles. The van der Waals surface area contributed by atoms with Crippen LogP contribution in [0.25, 0.3) is 0 Å². The molecule has 0 saturated carbocycles. The molecular formula is C37H31BrN4O6. The van der Waals surface area contributed by atoms with Crippen molar-refractivity contribution in [3.8, 4) is 11.5 Å². The number of phenolic OH excluding ortho intramolecular Hbond substituents is 1. The van der Waals surface area contributed by atoms with E-state index >= 15 is 0 Å². The molecule has 0 spiro atoms. The van der Waals surface area contributed by atoms with Gasteiger partial charge in [0, 0.05) is 42.9 Å². The Morgan fingerprint density at radius 1 is 0.896 bits per heavy atom. The molecule has 4 atom stereocenters. The molecule has 1 N–H and O–H groups in total. The second-order valence-electron chi connectivity index (χ2n) is 12.5. The minimum atomic E-state index is -0.717. The first-order chi connectivity index (χ1) is 23.1. The van der Waals surface area contributed by atoms with E-state index in [4.69, 9.17) is 4.74 Å². The fourth-order valence-corrected chi connectivity index (χ4v) is 7.76. The van der Waals surface area contributed by atoms with Gasteiger partial charge < -0.3 is 14.7 Å². The summed E-state index contributed by atoms with van der Waals surface area (Å²) in [4.78, 5) is 58.3. The molecule has 1 heterocycles. The van der Waals surface area contributed by atoms with E-state index in [1.165, 1.54) is 24.2 Å². The lowest BCUT2D eigenvalue weighted by Gasteiger charge is -2.42. The number of anilines is 2. The van der Waals surface area contributed by atoms with Crippen LogP contribution >= 0.6 is 15.9 Å². The molecule has 48 heavy (non-hydrogen) atoms. The number of rotatable bonds is 6. The summed E-state index contributed by atoms with van der Waals surface area (Å²) in [6.07, 6.45) is 3.71. The fraction of sp³-hybridized carbons (Fsp3) is 0.243. The SMILES string of the molecule is COc1cc([C@H]2C3=CC[C@@H]4C(=O)N(c5ccc(N=Nc6ccc(N(C)C)cc6)cc5)C(=O)[C@@H]4[C@@H]3CC3=C2C(=O)C=C(Br)C3=O)ccc1O. The number of ether oxygens (including phenoxy) is 1. The van der Waals surface area contributed by atoms with E-state index < -0.39 is 23.7 Å². The number of hydrogen-bond acceptors (Lipinski definition) is 9. The van der Waals surface area contributed by atoms with Crippen LogP contribution < -0.4 is 14.5 Å². The molecule has 2 amide bonds. The van der Waals surface area contributed by atoms with E-state index in [1.807, 2.05) is 49.3 Å². The maximum Gasteiger partial charge on any atom is 0.238 e. The lowest BCUT2D eigenvalue weighted by Crippen LogP contribution is -2.39. The molecular weight excluding hydrogens is 676 g/mol. The second-order valence-corrected chi connectivity index (χ2v) is 13.3. The third kappa shape index (κ3) is 5.18. The highest BCUT2D eigenvalue weighted by atomic mass is 79.9.